The fourth-order valence-electron chi connectivity index (χ4n) is 0. The molecule has 0 radical (unpaired) electrons. The maximum Gasteiger partial charge on any atom is 1.00 e. The van der Waals surface area contributed by atoms with Gasteiger partial charge in [-0.1, -0.05) is 0 Å². The van der Waals surface area contributed by atoms with Gasteiger partial charge in [0, 0.05) is 11.0 Å². The van der Waals surface area contributed by atoms with Gasteiger partial charge in [0.2, 0.25) is 0 Å². The van der Waals surface area contributed by atoms with Gasteiger partial charge in [0.1, 0.15) is 0 Å². The summed E-state index contributed by atoms with van der Waals surface area (Å²) in [5.74, 6) is 0. The maximum absolute atomic E-state index is 9.67. The second kappa shape index (κ2) is 11.5. The number of rotatable bonds is 0. The first-order valence-corrected chi connectivity index (χ1v) is 2.20. The molecule has 0 aliphatic rings. The van der Waals surface area contributed by atoms with Crippen LogP contribution in [0, 0.1) is 0 Å². The van der Waals surface area contributed by atoms with Gasteiger partial charge >= 0.3 is 36.2 Å². The van der Waals surface area contributed by atoms with E-state index in [0.29, 0.717) is 0 Å². The van der Waals surface area contributed by atoms with Crippen LogP contribution in [0.4, 0.5) is 13.2 Å². The molecule has 0 saturated heterocycles. The molecule has 0 aliphatic carbocycles. The third-order valence-corrected chi connectivity index (χ3v) is 0. The fourth-order valence-corrected chi connectivity index (χ4v) is 0. The molecule has 0 rings (SSSR count). The van der Waals surface area contributed by atoms with Gasteiger partial charge in [-0.25, -0.2) is 0 Å². The van der Waals surface area contributed by atoms with Gasteiger partial charge in [-0.2, -0.15) is 13.2 Å². The van der Waals surface area contributed by atoms with Crippen molar-refractivity contribution in [1.29, 1.82) is 0 Å². The molecule has 0 aromatic carbocycles. The Morgan fingerprint density at radius 2 is 1.22 bits per heavy atom. The summed E-state index contributed by atoms with van der Waals surface area (Å²) in [5, 5.41) is 0. The Kier molecular flexibility index (Phi) is 20.9. The van der Waals surface area contributed by atoms with E-state index in [-0.39, 0.29) is 29.6 Å². The minimum absolute atomic E-state index is 0. The van der Waals surface area contributed by atoms with Crippen molar-refractivity contribution in [1.82, 2.24) is 0 Å². The molecule has 0 aromatic rings. The quantitative estimate of drug-likeness (QED) is 0.199. The number of halogens is 3. The molecule has 0 amide bonds. The Morgan fingerprint density at radius 1 is 1.22 bits per heavy atom. The van der Waals surface area contributed by atoms with Crippen LogP contribution >= 0.6 is 0 Å². The molecular weight excluding hydrogens is 172 g/mol. The van der Waals surface area contributed by atoms with Gasteiger partial charge in [-0.3, -0.25) is 0 Å². The van der Waals surface area contributed by atoms with Gasteiger partial charge in [-0.05, 0) is 0 Å². The summed E-state index contributed by atoms with van der Waals surface area (Å²) >= 11 is 0. The van der Waals surface area contributed by atoms with Crippen LogP contribution in [0.15, 0.2) is 0 Å². The van der Waals surface area contributed by atoms with Crippen LogP contribution in [0.25, 0.3) is 0 Å². The summed E-state index contributed by atoms with van der Waals surface area (Å²) in [6, 6.07) is 0. The van der Waals surface area contributed by atoms with Crippen LogP contribution in [0.1, 0.15) is 0 Å². The zero-order valence-corrected chi connectivity index (χ0v) is 7.20. The van der Waals surface area contributed by atoms with Crippen molar-refractivity contribution in [2.24, 2.45) is 0 Å². The standard InChI is InChI=1S/CHF3.Na.HO3S/c2-1(3)4;;1-4(2)3/h1H;;(H,1,2,3)/q;+1;-1. The van der Waals surface area contributed by atoms with E-state index in [1.54, 1.807) is 0 Å². The summed E-state index contributed by atoms with van der Waals surface area (Å²) in [4.78, 5) is 0. The summed E-state index contributed by atoms with van der Waals surface area (Å²) in [7, 11) is -2.86. The molecule has 9 heavy (non-hydrogen) atoms. The van der Waals surface area contributed by atoms with E-state index >= 15 is 0 Å². The second-order valence-corrected chi connectivity index (χ2v) is 0.899. The zero-order chi connectivity index (χ0) is 7.15. The van der Waals surface area contributed by atoms with E-state index in [4.69, 9.17) is 13.0 Å². The van der Waals surface area contributed by atoms with Crippen molar-refractivity contribution in [2.45, 2.75) is 6.68 Å². The number of hydrogen-bond acceptors (Lipinski definition) is 3. The Balaban J connectivity index is -0.0000000720. The third kappa shape index (κ3) is 797. The van der Waals surface area contributed by atoms with E-state index in [1.165, 1.54) is 0 Å². The second-order valence-electron chi connectivity index (χ2n) is 0.465. The van der Waals surface area contributed by atoms with Crippen LogP contribution in [-0.2, 0) is 19.4 Å². The van der Waals surface area contributed by atoms with Crippen LogP contribution in [0.5, 0.6) is 0 Å². The predicted molar refractivity (Wildman–Crippen MR) is 18.5 cm³/mol. The van der Waals surface area contributed by atoms with E-state index in [1.807, 2.05) is 0 Å². The first kappa shape index (κ1) is 16.4. The molecular formula is CH2F3NaO3S. The molecule has 0 heterocycles. The monoisotopic (exact) mass is 174 g/mol. The topological polar surface area (TPSA) is 54.4 Å². The molecule has 0 unspecified atom stereocenters. The maximum atomic E-state index is 9.67. The van der Waals surface area contributed by atoms with Crippen molar-refractivity contribution < 1.29 is 55.7 Å². The minimum Gasteiger partial charge on any atom is -0.439 e. The summed E-state index contributed by atoms with van der Waals surface area (Å²) in [6.07, 6.45) is 0. The van der Waals surface area contributed by atoms with E-state index < -0.39 is 17.7 Å². The third-order valence-electron chi connectivity index (χ3n) is 0. The van der Waals surface area contributed by atoms with Crippen molar-refractivity contribution >= 4 is 11.0 Å². The molecule has 0 aromatic heterocycles. The van der Waals surface area contributed by atoms with E-state index in [0.717, 1.165) is 0 Å². The van der Waals surface area contributed by atoms with Gasteiger partial charge in [0.15, 0.2) is 0 Å². The molecule has 0 spiro atoms. The summed E-state index contributed by atoms with van der Waals surface area (Å²) in [6.45, 7) is -3.67. The molecule has 0 bridgehead atoms. The van der Waals surface area contributed by atoms with E-state index in [9.17, 15) is 13.2 Å². The Morgan fingerprint density at radius 3 is 1.22 bits per heavy atom. The molecule has 0 fully saturated rings. The predicted octanol–water partition coefficient (Wildman–Crippen LogP) is -2.05. The van der Waals surface area contributed by atoms with Crippen LogP contribution < -0.4 is 29.6 Å². The van der Waals surface area contributed by atoms with E-state index in [2.05, 4.69) is 0 Å². The Labute approximate surface area is 73.3 Å². The number of alkyl halides is 3. The molecule has 0 saturated carbocycles. The molecule has 0 aliphatic heterocycles. The molecule has 0 atom stereocenters. The average molecular weight is 174 g/mol. The normalized spacial score (nSPS) is 7.78. The zero-order valence-electron chi connectivity index (χ0n) is 4.38. The molecule has 3 nitrogen and oxygen atoms in total. The van der Waals surface area contributed by atoms with Crippen molar-refractivity contribution in [3.05, 3.63) is 0 Å². The smallest absolute Gasteiger partial charge is 0.439 e. The fraction of sp³-hybridized carbons (Fsp3) is 1.00. The van der Waals surface area contributed by atoms with Crippen molar-refractivity contribution in [3.8, 4) is 0 Å². The summed E-state index contributed by atoms with van der Waals surface area (Å²) in [5.41, 5.74) is 0. The average Bonchev–Trinajstić information content (AvgIpc) is 1.25. The Bertz CT molecular complexity index is 92.5. The minimum atomic E-state index is -3.67. The van der Waals surface area contributed by atoms with Crippen LogP contribution in [0.3, 0.4) is 0 Å². The Hall–Kier alpha value is 0.700. The summed E-state index contributed by atoms with van der Waals surface area (Å²) < 4.78 is 53.1. The molecule has 1 N–H and O–H groups in total. The SMILES string of the molecule is FC(F)F.O=[S-](=O)O.[Na+]. The van der Waals surface area contributed by atoms with Crippen LogP contribution in [0.2, 0.25) is 0 Å². The van der Waals surface area contributed by atoms with Gasteiger partial charge in [-0.15, -0.1) is 0 Å². The van der Waals surface area contributed by atoms with Crippen molar-refractivity contribution in [2.75, 3.05) is 0 Å². The number of hydrogen-bond donors (Lipinski definition) is 1. The first-order valence-electron chi connectivity index (χ1n) is 1.17. The molecule has 8 heteroatoms. The first-order chi connectivity index (χ1) is 3.46. The van der Waals surface area contributed by atoms with Gasteiger partial charge in [0.05, 0.1) is 0 Å². The molecule has 52 valence electrons. The van der Waals surface area contributed by atoms with Gasteiger partial charge < -0.3 is 13.0 Å². The van der Waals surface area contributed by atoms with Crippen LogP contribution in [-0.4, -0.2) is 11.2 Å². The van der Waals surface area contributed by atoms with Gasteiger partial charge in [0.25, 0.3) is 0 Å². The van der Waals surface area contributed by atoms with Crippen molar-refractivity contribution in [3.63, 3.8) is 0 Å². The largest absolute Gasteiger partial charge is 1.00 e.